The van der Waals surface area contributed by atoms with Crippen molar-refractivity contribution in [2.24, 2.45) is 11.8 Å². The normalized spacial score (nSPS) is 27.1. The van der Waals surface area contributed by atoms with Gasteiger partial charge in [0.15, 0.2) is 0 Å². The highest BCUT2D eigenvalue weighted by Gasteiger charge is 2.32. The van der Waals surface area contributed by atoms with Gasteiger partial charge in [-0.1, -0.05) is 20.3 Å². The third-order valence-corrected chi connectivity index (χ3v) is 4.11. The third kappa shape index (κ3) is 2.47. The maximum Gasteiger partial charge on any atom is 0.339 e. The Kier molecular flexibility index (Phi) is 3.84. The molecule has 1 saturated carbocycles. The van der Waals surface area contributed by atoms with E-state index in [0.717, 1.165) is 12.3 Å². The molecule has 2 rings (SSSR count). The van der Waals surface area contributed by atoms with E-state index in [4.69, 9.17) is 5.11 Å². The number of carbonyl (C=O) groups is 1. The van der Waals surface area contributed by atoms with Crippen LogP contribution in [-0.2, 0) is 0 Å². The highest BCUT2D eigenvalue weighted by molar-refractivity contribution is 5.93. The molecule has 1 aliphatic carbocycles. The van der Waals surface area contributed by atoms with Crippen LogP contribution in [0.5, 0.6) is 0 Å². The van der Waals surface area contributed by atoms with Crippen LogP contribution in [0.2, 0.25) is 0 Å². The van der Waals surface area contributed by atoms with E-state index in [1.54, 1.807) is 18.3 Å². The molecule has 0 spiro atoms. The van der Waals surface area contributed by atoms with Crippen LogP contribution in [0.3, 0.4) is 0 Å². The van der Waals surface area contributed by atoms with Gasteiger partial charge < -0.3 is 10.4 Å². The van der Waals surface area contributed by atoms with E-state index in [2.05, 4.69) is 24.1 Å². The van der Waals surface area contributed by atoms with Crippen LogP contribution >= 0.6 is 0 Å². The lowest BCUT2D eigenvalue weighted by atomic mass is 9.93. The van der Waals surface area contributed by atoms with Crippen LogP contribution in [0.25, 0.3) is 0 Å². The second kappa shape index (κ2) is 5.38. The van der Waals surface area contributed by atoms with Gasteiger partial charge in [0.1, 0.15) is 11.4 Å². The van der Waals surface area contributed by atoms with Crippen molar-refractivity contribution in [1.82, 2.24) is 4.98 Å². The summed E-state index contributed by atoms with van der Waals surface area (Å²) in [5.74, 6) is 0.875. The maximum atomic E-state index is 11.1. The number of rotatable bonds is 4. The number of nitrogens with zero attached hydrogens (tertiary/aromatic N) is 1. The lowest BCUT2D eigenvalue weighted by Crippen LogP contribution is -2.26. The Morgan fingerprint density at radius 1 is 1.56 bits per heavy atom. The molecule has 0 amide bonds. The van der Waals surface area contributed by atoms with Gasteiger partial charge >= 0.3 is 5.97 Å². The van der Waals surface area contributed by atoms with Crippen LogP contribution in [-0.4, -0.2) is 22.1 Å². The molecule has 3 unspecified atom stereocenters. The van der Waals surface area contributed by atoms with E-state index >= 15 is 0 Å². The molecular formula is C14H20N2O2. The first kappa shape index (κ1) is 12.9. The molecule has 1 aromatic rings. The Morgan fingerprint density at radius 3 is 2.94 bits per heavy atom. The second-order valence-electron chi connectivity index (χ2n) is 5.06. The van der Waals surface area contributed by atoms with Crippen molar-refractivity contribution < 1.29 is 9.90 Å². The summed E-state index contributed by atoms with van der Waals surface area (Å²) >= 11 is 0. The summed E-state index contributed by atoms with van der Waals surface area (Å²) < 4.78 is 0. The second-order valence-corrected chi connectivity index (χ2v) is 5.06. The van der Waals surface area contributed by atoms with Crippen LogP contribution in [0.4, 0.5) is 5.82 Å². The van der Waals surface area contributed by atoms with Crippen LogP contribution in [0, 0.1) is 11.8 Å². The minimum absolute atomic E-state index is 0.254. The molecule has 1 aliphatic rings. The van der Waals surface area contributed by atoms with Crippen molar-refractivity contribution in [3.8, 4) is 0 Å². The highest BCUT2D eigenvalue weighted by Crippen LogP contribution is 2.35. The first-order valence-corrected chi connectivity index (χ1v) is 6.58. The maximum absolute atomic E-state index is 11.1. The molecule has 4 nitrogen and oxygen atoms in total. The fourth-order valence-electron chi connectivity index (χ4n) is 2.90. The fourth-order valence-corrected chi connectivity index (χ4v) is 2.90. The van der Waals surface area contributed by atoms with Crippen molar-refractivity contribution >= 4 is 11.8 Å². The monoisotopic (exact) mass is 248 g/mol. The standard InChI is InChI=1S/C14H20N2O2/c1-3-10-6-7-12(9(10)2)16-13-11(14(17)18)5-4-8-15-13/h4-5,8-10,12H,3,6-7H2,1-2H3,(H,15,16)(H,17,18). The summed E-state index contributed by atoms with van der Waals surface area (Å²) in [5.41, 5.74) is 0.254. The van der Waals surface area contributed by atoms with Gasteiger partial charge in [-0.3, -0.25) is 0 Å². The Morgan fingerprint density at radius 2 is 2.33 bits per heavy atom. The van der Waals surface area contributed by atoms with Crippen molar-refractivity contribution in [3.63, 3.8) is 0 Å². The zero-order valence-corrected chi connectivity index (χ0v) is 10.9. The first-order chi connectivity index (χ1) is 8.63. The summed E-state index contributed by atoms with van der Waals surface area (Å²) in [6, 6.07) is 3.58. The van der Waals surface area contributed by atoms with Crippen LogP contribution in [0.1, 0.15) is 43.5 Å². The average molecular weight is 248 g/mol. The SMILES string of the molecule is CCC1CCC(Nc2ncccc2C(=O)O)C1C. The third-order valence-electron chi connectivity index (χ3n) is 4.11. The highest BCUT2D eigenvalue weighted by atomic mass is 16.4. The summed E-state index contributed by atoms with van der Waals surface area (Å²) in [5, 5.41) is 12.4. The lowest BCUT2D eigenvalue weighted by Gasteiger charge is -2.22. The van der Waals surface area contributed by atoms with E-state index in [-0.39, 0.29) is 5.56 Å². The summed E-state index contributed by atoms with van der Waals surface area (Å²) in [7, 11) is 0. The molecule has 1 aromatic heterocycles. The fraction of sp³-hybridized carbons (Fsp3) is 0.571. The number of anilines is 1. The molecule has 0 saturated heterocycles. The Hall–Kier alpha value is -1.58. The molecule has 0 bridgehead atoms. The number of pyridine rings is 1. The van der Waals surface area contributed by atoms with Gasteiger partial charge in [0.25, 0.3) is 0 Å². The number of carboxylic acid groups (broad SMARTS) is 1. The van der Waals surface area contributed by atoms with Gasteiger partial charge in [0, 0.05) is 12.2 Å². The molecule has 18 heavy (non-hydrogen) atoms. The number of aromatic nitrogens is 1. The molecule has 3 atom stereocenters. The molecule has 0 radical (unpaired) electrons. The summed E-state index contributed by atoms with van der Waals surface area (Å²) in [6.07, 6.45) is 5.12. The summed E-state index contributed by atoms with van der Waals surface area (Å²) in [4.78, 5) is 15.3. The number of aromatic carboxylic acids is 1. The van der Waals surface area contributed by atoms with Crippen LogP contribution in [0.15, 0.2) is 18.3 Å². The van der Waals surface area contributed by atoms with E-state index in [1.165, 1.54) is 12.8 Å². The van der Waals surface area contributed by atoms with Gasteiger partial charge in [-0.15, -0.1) is 0 Å². The van der Waals surface area contributed by atoms with Gasteiger partial charge in [-0.25, -0.2) is 9.78 Å². The molecule has 98 valence electrons. The number of carboxylic acids is 1. The molecule has 4 heteroatoms. The largest absolute Gasteiger partial charge is 0.478 e. The van der Waals surface area contributed by atoms with E-state index in [1.807, 2.05) is 0 Å². The smallest absolute Gasteiger partial charge is 0.339 e. The quantitative estimate of drug-likeness (QED) is 0.859. The minimum atomic E-state index is -0.928. The number of nitrogens with one attached hydrogen (secondary N) is 1. The average Bonchev–Trinajstić information content (AvgIpc) is 2.71. The van der Waals surface area contributed by atoms with Gasteiger partial charge in [0.2, 0.25) is 0 Å². The van der Waals surface area contributed by atoms with E-state index in [0.29, 0.717) is 17.8 Å². The van der Waals surface area contributed by atoms with E-state index in [9.17, 15) is 4.79 Å². The molecule has 0 aliphatic heterocycles. The van der Waals surface area contributed by atoms with Gasteiger partial charge in [0.05, 0.1) is 0 Å². The molecule has 2 N–H and O–H groups in total. The lowest BCUT2D eigenvalue weighted by molar-refractivity contribution is 0.0697. The topological polar surface area (TPSA) is 62.2 Å². The molecular weight excluding hydrogens is 228 g/mol. The number of hydrogen-bond acceptors (Lipinski definition) is 3. The predicted molar refractivity (Wildman–Crippen MR) is 70.8 cm³/mol. The first-order valence-electron chi connectivity index (χ1n) is 6.58. The molecule has 1 fully saturated rings. The van der Waals surface area contributed by atoms with Crippen molar-refractivity contribution in [2.75, 3.05) is 5.32 Å². The molecule has 1 heterocycles. The van der Waals surface area contributed by atoms with Crippen molar-refractivity contribution in [3.05, 3.63) is 23.9 Å². The van der Waals surface area contributed by atoms with Gasteiger partial charge in [-0.05, 0) is 36.8 Å². The molecule has 0 aromatic carbocycles. The zero-order chi connectivity index (χ0) is 13.1. The van der Waals surface area contributed by atoms with E-state index < -0.39 is 5.97 Å². The minimum Gasteiger partial charge on any atom is -0.478 e. The van der Waals surface area contributed by atoms with Crippen LogP contribution < -0.4 is 5.32 Å². The van der Waals surface area contributed by atoms with Crippen molar-refractivity contribution in [1.29, 1.82) is 0 Å². The van der Waals surface area contributed by atoms with Gasteiger partial charge in [-0.2, -0.15) is 0 Å². The zero-order valence-electron chi connectivity index (χ0n) is 10.9. The predicted octanol–water partition coefficient (Wildman–Crippen LogP) is 3.02. The number of hydrogen-bond donors (Lipinski definition) is 2. The van der Waals surface area contributed by atoms with Crippen molar-refractivity contribution in [2.45, 2.75) is 39.2 Å². The summed E-state index contributed by atoms with van der Waals surface area (Å²) in [6.45, 7) is 4.45. The Balaban J connectivity index is 2.13. The Bertz CT molecular complexity index is 434. The Labute approximate surface area is 107 Å².